The Labute approximate surface area is 412 Å². The third kappa shape index (κ3) is 37.9. The minimum atomic E-state index is -4.62. The van der Waals surface area contributed by atoms with Crippen LogP contribution in [0.4, 0.5) is 0 Å². The molecule has 68 heavy (non-hydrogen) atoms. The Bertz CT molecular complexity index is 1520. The highest BCUT2D eigenvalue weighted by Gasteiger charge is 2.46. The Balaban J connectivity index is 2.40. The van der Waals surface area contributed by atoms with Gasteiger partial charge < -0.3 is 34.3 Å². The Morgan fingerprint density at radius 1 is 0.500 bits per heavy atom. The molecule has 1 fully saturated rings. The van der Waals surface area contributed by atoms with Crippen molar-refractivity contribution in [3.05, 3.63) is 72.9 Å². The van der Waals surface area contributed by atoms with E-state index in [4.69, 9.17) is 18.9 Å². The minimum absolute atomic E-state index is 0.115. The summed E-state index contributed by atoms with van der Waals surface area (Å²) in [6.45, 7) is 3.65. The number of aliphatic hydroxyl groups excluding tert-OH is 3. The van der Waals surface area contributed by atoms with Gasteiger partial charge in [0.1, 0.15) is 36.8 Å². The highest BCUT2D eigenvalue weighted by Crippen LogP contribution is 2.24. The van der Waals surface area contributed by atoms with Gasteiger partial charge >= 0.3 is 11.9 Å². The van der Waals surface area contributed by atoms with Crippen LogP contribution in [0.25, 0.3) is 0 Å². The van der Waals surface area contributed by atoms with E-state index in [2.05, 4.69) is 86.8 Å². The topological polar surface area (TPSA) is 186 Å². The largest absolute Gasteiger partial charge is 0.462 e. The summed E-state index contributed by atoms with van der Waals surface area (Å²) in [7, 11) is -4.62. The number of ether oxygens (including phenoxy) is 4. The molecule has 13 heteroatoms. The number of esters is 2. The quantitative estimate of drug-likeness (QED) is 0.0196. The standard InChI is InChI=1S/C55H94O12S/c1-3-5-7-9-11-13-15-17-19-21-22-23-24-25-26-28-29-31-33-35-37-39-41-43-50(56)64-45-48(46-65-55-54(60)53(59)52(58)49(67-55)47-68(61,62)63)66-51(57)44-42-40-38-36-34-32-30-27-20-18-16-14-12-10-8-6-4-2/h8,10,14,16,20,27-29,32,34-35,37,48-49,52-55,58-60H,3-7,9,11-13,15,17-19,21-26,30-31,33,36,38-47H2,1-2H3,(H,61,62,63)/b10-8+,16-14+,27-20+,29-28+,34-32+,37-35+/t48-,49-,52-,53?,54?,55+/m1/s1. The van der Waals surface area contributed by atoms with Gasteiger partial charge in [-0.25, -0.2) is 0 Å². The number of unbranched alkanes of at least 4 members (excludes halogenated alkanes) is 20. The zero-order valence-corrected chi connectivity index (χ0v) is 43.0. The van der Waals surface area contributed by atoms with Crippen LogP contribution in [0.1, 0.15) is 206 Å². The van der Waals surface area contributed by atoms with E-state index in [0.717, 1.165) is 64.2 Å². The van der Waals surface area contributed by atoms with Crippen LogP contribution in [0.5, 0.6) is 0 Å². The van der Waals surface area contributed by atoms with Gasteiger partial charge in [0.25, 0.3) is 10.1 Å². The monoisotopic (exact) mass is 979 g/mol. The molecular weight excluding hydrogens is 885 g/mol. The van der Waals surface area contributed by atoms with Gasteiger partial charge in [0, 0.05) is 12.8 Å². The lowest BCUT2D eigenvalue weighted by Crippen LogP contribution is -2.60. The average Bonchev–Trinajstić information content (AvgIpc) is 3.31. The number of aliphatic hydroxyl groups is 3. The fraction of sp³-hybridized carbons (Fsp3) is 0.745. The lowest BCUT2D eigenvalue weighted by Gasteiger charge is -2.40. The molecule has 0 amide bonds. The normalized spacial score (nSPS) is 19.8. The Hall–Kier alpha value is -2.91. The summed E-state index contributed by atoms with van der Waals surface area (Å²) < 4.78 is 54.2. The van der Waals surface area contributed by atoms with E-state index in [0.29, 0.717) is 19.3 Å². The zero-order chi connectivity index (χ0) is 49.8. The molecule has 0 aromatic rings. The summed E-state index contributed by atoms with van der Waals surface area (Å²) in [4.78, 5) is 25.5. The summed E-state index contributed by atoms with van der Waals surface area (Å²) in [6.07, 6.45) is 48.1. The average molecular weight is 979 g/mol. The molecule has 0 saturated carbocycles. The van der Waals surface area contributed by atoms with Gasteiger partial charge in [0.15, 0.2) is 12.4 Å². The third-order valence-electron chi connectivity index (χ3n) is 11.7. The van der Waals surface area contributed by atoms with Crippen LogP contribution in [0, 0.1) is 0 Å². The Kier molecular flexibility index (Phi) is 40.9. The molecule has 2 unspecified atom stereocenters. The van der Waals surface area contributed by atoms with Crippen molar-refractivity contribution in [3.63, 3.8) is 0 Å². The molecule has 0 spiro atoms. The number of carbonyl (C=O) groups is 2. The van der Waals surface area contributed by atoms with Crippen LogP contribution in [0.15, 0.2) is 72.9 Å². The summed E-state index contributed by atoms with van der Waals surface area (Å²) in [6, 6.07) is 0. The molecule has 0 aliphatic carbocycles. The first-order valence-corrected chi connectivity index (χ1v) is 28.1. The number of hydrogen-bond acceptors (Lipinski definition) is 11. The van der Waals surface area contributed by atoms with Gasteiger partial charge in [-0.15, -0.1) is 0 Å². The van der Waals surface area contributed by atoms with Crippen LogP contribution in [-0.2, 0) is 38.7 Å². The van der Waals surface area contributed by atoms with Gasteiger partial charge in [-0.3, -0.25) is 14.1 Å². The molecule has 1 saturated heterocycles. The first-order chi connectivity index (χ1) is 33.0. The van der Waals surface area contributed by atoms with Crippen molar-refractivity contribution in [2.75, 3.05) is 19.0 Å². The van der Waals surface area contributed by atoms with Crippen molar-refractivity contribution in [2.24, 2.45) is 0 Å². The Morgan fingerprint density at radius 2 is 0.941 bits per heavy atom. The molecular formula is C55H94O12S. The second-order valence-corrected chi connectivity index (χ2v) is 19.7. The third-order valence-corrected chi connectivity index (χ3v) is 12.5. The molecule has 12 nitrogen and oxygen atoms in total. The lowest BCUT2D eigenvalue weighted by atomic mass is 10.00. The maximum atomic E-state index is 12.9. The van der Waals surface area contributed by atoms with E-state index in [1.807, 2.05) is 0 Å². The fourth-order valence-electron chi connectivity index (χ4n) is 7.63. The summed E-state index contributed by atoms with van der Waals surface area (Å²) in [5, 5.41) is 31.0. The van der Waals surface area contributed by atoms with Crippen molar-refractivity contribution in [3.8, 4) is 0 Å². The molecule has 392 valence electrons. The molecule has 0 radical (unpaired) electrons. The molecule has 0 aromatic heterocycles. The van der Waals surface area contributed by atoms with Crippen molar-refractivity contribution in [2.45, 2.75) is 243 Å². The van der Waals surface area contributed by atoms with Crippen LogP contribution in [0.2, 0.25) is 0 Å². The van der Waals surface area contributed by atoms with Crippen LogP contribution >= 0.6 is 0 Å². The van der Waals surface area contributed by atoms with Gasteiger partial charge in [-0.2, -0.15) is 8.42 Å². The zero-order valence-electron chi connectivity index (χ0n) is 42.2. The smallest absolute Gasteiger partial charge is 0.306 e. The van der Waals surface area contributed by atoms with Crippen LogP contribution in [0.3, 0.4) is 0 Å². The van der Waals surface area contributed by atoms with Gasteiger partial charge in [0.05, 0.1) is 6.61 Å². The highest BCUT2D eigenvalue weighted by atomic mass is 32.2. The molecule has 1 aliphatic rings. The minimum Gasteiger partial charge on any atom is -0.462 e. The SMILES string of the molecule is CCC/C=C/C/C=C/C/C=C/C/C=C/CCCCCC(=O)O[C@H](COC(=O)CCC/C=C/CC/C=C/CCCCCCCCCCCCCCCC)CO[C@H]1O[C@H](CS(=O)(=O)O)[C@@H](O)C(O)C1O. The van der Waals surface area contributed by atoms with Crippen molar-refractivity contribution < 1.29 is 56.8 Å². The van der Waals surface area contributed by atoms with Gasteiger partial charge in [-0.1, -0.05) is 183 Å². The summed E-state index contributed by atoms with van der Waals surface area (Å²) in [5.41, 5.74) is 0. The first kappa shape index (κ1) is 63.1. The van der Waals surface area contributed by atoms with E-state index in [1.165, 1.54) is 96.3 Å². The molecule has 0 aromatic carbocycles. The van der Waals surface area contributed by atoms with Crippen molar-refractivity contribution >= 4 is 22.1 Å². The number of hydrogen-bond donors (Lipinski definition) is 4. The highest BCUT2D eigenvalue weighted by molar-refractivity contribution is 7.85. The van der Waals surface area contributed by atoms with E-state index in [-0.39, 0.29) is 19.4 Å². The van der Waals surface area contributed by atoms with Gasteiger partial charge in [-0.05, 0) is 83.5 Å². The molecule has 1 rings (SSSR count). The second kappa shape index (κ2) is 44.1. The Morgan fingerprint density at radius 3 is 1.47 bits per heavy atom. The second-order valence-electron chi connectivity index (χ2n) is 18.2. The first-order valence-electron chi connectivity index (χ1n) is 26.5. The molecule has 6 atom stereocenters. The lowest BCUT2D eigenvalue weighted by molar-refractivity contribution is -0.297. The van der Waals surface area contributed by atoms with Crippen molar-refractivity contribution in [1.82, 2.24) is 0 Å². The number of rotatable bonds is 44. The molecule has 1 aliphatic heterocycles. The maximum Gasteiger partial charge on any atom is 0.306 e. The van der Waals surface area contributed by atoms with Gasteiger partial charge in [0.2, 0.25) is 0 Å². The number of carbonyl (C=O) groups excluding carboxylic acids is 2. The van der Waals surface area contributed by atoms with E-state index in [9.17, 15) is 37.9 Å². The van der Waals surface area contributed by atoms with E-state index < -0.39 is 71.2 Å². The summed E-state index contributed by atoms with van der Waals surface area (Å²) in [5.74, 6) is -2.08. The maximum absolute atomic E-state index is 12.9. The predicted molar refractivity (Wildman–Crippen MR) is 275 cm³/mol. The van der Waals surface area contributed by atoms with Crippen molar-refractivity contribution in [1.29, 1.82) is 0 Å². The molecule has 4 N–H and O–H groups in total. The number of allylic oxidation sites excluding steroid dienone is 12. The van der Waals surface area contributed by atoms with E-state index in [1.54, 1.807) is 0 Å². The van der Waals surface area contributed by atoms with E-state index >= 15 is 0 Å². The predicted octanol–water partition coefficient (Wildman–Crippen LogP) is 12.2. The molecule has 0 bridgehead atoms. The molecule has 1 heterocycles. The fourth-order valence-corrected chi connectivity index (χ4v) is 8.32. The van der Waals surface area contributed by atoms with Crippen LogP contribution in [-0.4, -0.2) is 96.0 Å². The van der Waals surface area contributed by atoms with Crippen LogP contribution < -0.4 is 0 Å². The summed E-state index contributed by atoms with van der Waals surface area (Å²) >= 11 is 0.